The van der Waals surface area contributed by atoms with Crippen LogP contribution in [0.25, 0.3) is 5.69 Å². The first kappa shape index (κ1) is 20.4. The summed E-state index contributed by atoms with van der Waals surface area (Å²) in [6.45, 7) is 1.63. The fourth-order valence-corrected chi connectivity index (χ4v) is 5.11. The minimum atomic E-state index is -4.41. The molecule has 0 aliphatic carbocycles. The molecule has 1 saturated heterocycles. The molecule has 31 heavy (non-hydrogen) atoms. The van der Waals surface area contributed by atoms with Crippen LogP contribution in [0.3, 0.4) is 0 Å². The van der Waals surface area contributed by atoms with Crippen molar-refractivity contribution >= 4 is 27.7 Å². The van der Waals surface area contributed by atoms with Crippen molar-refractivity contribution in [3.63, 3.8) is 0 Å². The average molecular weight is 461 g/mol. The lowest BCUT2D eigenvalue weighted by Crippen LogP contribution is -2.34. The highest BCUT2D eigenvalue weighted by atomic mass is 35.5. The molecule has 162 valence electrons. The Labute approximate surface area is 185 Å². The molecule has 0 saturated carbocycles. The summed E-state index contributed by atoms with van der Waals surface area (Å²) in [7, 11) is -4.41. The Morgan fingerprint density at radius 3 is 2.58 bits per heavy atom. The van der Waals surface area contributed by atoms with Gasteiger partial charge < -0.3 is 4.90 Å². The Balaban J connectivity index is 1.49. The first-order valence-electron chi connectivity index (χ1n) is 10.0. The number of hydrogen-bond donors (Lipinski definition) is 1. The number of aromatic nitrogens is 4. The third-order valence-electron chi connectivity index (χ3n) is 5.86. The van der Waals surface area contributed by atoms with E-state index >= 15 is 0 Å². The molecule has 5 rings (SSSR count). The predicted octanol–water partition coefficient (Wildman–Crippen LogP) is 2.82. The maximum atomic E-state index is 11.9. The SMILES string of the molecule is O=S(=O)(O)N1Cc2cc(Cl)ccc2-n2c(nnc2C2CCN(c3ccccn3)CC2)C1. The number of pyridine rings is 1. The number of anilines is 1. The van der Waals surface area contributed by atoms with E-state index in [0.29, 0.717) is 16.4 Å². The van der Waals surface area contributed by atoms with Crippen LogP contribution in [0, 0.1) is 0 Å². The molecule has 9 nitrogen and oxygen atoms in total. The summed E-state index contributed by atoms with van der Waals surface area (Å²) in [4.78, 5) is 6.69. The second kappa shape index (κ2) is 7.86. The fourth-order valence-electron chi connectivity index (χ4n) is 4.33. The number of rotatable bonds is 3. The second-order valence-electron chi connectivity index (χ2n) is 7.78. The summed E-state index contributed by atoms with van der Waals surface area (Å²) < 4.78 is 36.4. The van der Waals surface area contributed by atoms with Crippen molar-refractivity contribution in [2.45, 2.75) is 31.8 Å². The second-order valence-corrected chi connectivity index (χ2v) is 9.63. The molecule has 0 bridgehead atoms. The van der Waals surface area contributed by atoms with E-state index in [4.69, 9.17) is 11.6 Å². The number of fused-ring (bicyclic) bond motifs is 3. The molecule has 0 radical (unpaired) electrons. The van der Waals surface area contributed by atoms with Gasteiger partial charge in [-0.05, 0) is 48.7 Å². The van der Waals surface area contributed by atoms with E-state index in [1.807, 2.05) is 28.8 Å². The van der Waals surface area contributed by atoms with Gasteiger partial charge in [-0.25, -0.2) is 4.98 Å². The Morgan fingerprint density at radius 1 is 1.06 bits per heavy atom. The molecule has 2 aliphatic heterocycles. The van der Waals surface area contributed by atoms with Crippen molar-refractivity contribution in [3.8, 4) is 5.69 Å². The van der Waals surface area contributed by atoms with Crippen LogP contribution in [0.15, 0.2) is 42.6 Å². The first-order chi connectivity index (χ1) is 14.9. The molecular weight excluding hydrogens is 440 g/mol. The molecule has 0 unspecified atom stereocenters. The van der Waals surface area contributed by atoms with Crippen LogP contribution >= 0.6 is 11.6 Å². The molecule has 1 fully saturated rings. The van der Waals surface area contributed by atoms with Crippen LogP contribution in [-0.2, 0) is 23.4 Å². The zero-order valence-corrected chi connectivity index (χ0v) is 18.2. The Morgan fingerprint density at radius 2 is 1.87 bits per heavy atom. The summed E-state index contributed by atoms with van der Waals surface area (Å²) in [6, 6.07) is 11.2. The van der Waals surface area contributed by atoms with Crippen LogP contribution in [0.1, 0.15) is 36.0 Å². The van der Waals surface area contributed by atoms with Crippen LogP contribution < -0.4 is 4.90 Å². The molecule has 2 aliphatic rings. The van der Waals surface area contributed by atoms with Gasteiger partial charge in [0.05, 0.1) is 12.2 Å². The summed E-state index contributed by atoms with van der Waals surface area (Å²) in [5, 5.41) is 9.23. The predicted molar refractivity (Wildman–Crippen MR) is 116 cm³/mol. The zero-order chi connectivity index (χ0) is 21.6. The van der Waals surface area contributed by atoms with Crippen LogP contribution in [-0.4, -0.2) is 50.1 Å². The molecule has 1 aromatic carbocycles. The fraction of sp³-hybridized carbons (Fsp3) is 0.350. The summed E-state index contributed by atoms with van der Waals surface area (Å²) in [5.41, 5.74) is 1.48. The van der Waals surface area contributed by atoms with E-state index in [9.17, 15) is 13.0 Å². The quantitative estimate of drug-likeness (QED) is 0.599. The van der Waals surface area contributed by atoms with Crippen molar-refractivity contribution in [2.75, 3.05) is 18.0 Å². The standard InChI is InChI=1S/C20H21ClN6O3S/c21-16-4-5-17-15(11-16)12-26(31(28,29)30)13-19-23-24-20(27(17)19)14-6-9-25(10-7-14)18-3-1-2-8-22-18/h1-5,8,11,14H,6-7,9-10,12-13H2,(H,28,29,30). The van der Waals surface area contributed by atoms with Gasteiger partial charge in [-0.2, -0.15) is 12.7 Å². The van der Waals surface area contributed by atoms with Crippen LogP contribution in [0.2, 0.25) is 5.02 Å². The number of halogens is 1. The van der Waals surface area contributed by atoms with Gasteiger partial charge in [0.1, 0.15) is 11.6 Å². The van der Waals surface area contributed by atoms with E-state index in [-0.39, 0.29) is 19.0 Å². The van der Waals surface area contributed by atoms with Gasteiger partial charge in [-0.3, -0.25) is 9.12 Å². The van der Waals surface area contributed by atoms with Crippen molar-refractivity contribution in [1.82, 2.24) is 24.1 Å². The number of piperidine rings is 1. The third kappa shape index (κ3) is 3.91. The highest BCUT2D eigenvalue weighted by molar-refractivity contribution is 7.83. The minimum absolute atomic E-state index is 0.00957. The van der Waals surface area contributed by atoms with Crippen molar-refractivity contribution < 1.29 is 13.0 Å². The molecule has 0 amide bonds. The summed E-state index contributed by atoms with van der Waals surface area (Å²) in [6.07, 6.45) is 3.54. The molecule has 11 heteroatoms. The lowest BCUT2D eigenvalue weighted by atomic mass is 9.95. The molecule has 0 atom stereocenters. The Kier molecular flexibility index (Phi) is 5.17. The van der Waals surface area contributed by atoms with Gasteiger partial charge in [0.15, 0.2) is 5.82 Å². The minimum Gasteiger partial charge on any atom is -0.357 e. The lowest BCUT2D eigenvalue weighted by Gasteiger charge is -2.32. The topological polar surface area (TPSA) is 104 Å². The number of hydrogen-bond acceptors (Lipinski definition) is 6. The Bertz CT molecular complexity index is 1210. The van der Waals surface area contributed by atoms with Gasteiger partial charge in [-0.15, -0.1) is 10.2 Å². The maximum Gasteiger partial charge on any atom is 0.336 e. The first-order valence-corrected chi connectivity index (χ1v) is 11.8. The molecule has 3 aromatic rings. The van der Waals surface area contributed by atoms with Crippen molar-refractivity contribution in [2.24, 2.45) is 0 Å². The smallest absolute Gasteiger partial charge is 0.336 e. The van der Waals surface area contributed by atoms with Crippen LogP contribution in [0.5, 0.6) is 0 Å². The van der Waals surface area contributed by atoms with E-state index < -0.39 is 10.3 Å². The maximum absolute atomic E-state index is 11.9. The largest absolute Gasteiger partial charge is 0.357 e. The normalized spacial score (nSPS) is 17.8. The Hall–Kier alpha value is -2.53. The van der Waals surface area contributed by atoms with Crippen molar-refractivity contribution in [1.29, 1.82) is 0 Å². The zero-order valence-electron chi connectivity index (χ0n) is 16.6. The van der Waals surface area contributed by atoms with Gasteiger partial charge in [-0.1, -0.05) is 17.7 Å². The summed E-state index contributed by atoms with van der Waals surface area (Å²) >= 11 is 6.17. The molecule has 2 aromatic heterocycles. The molecular formula is C20H21ClN6O3S. The van der Waals surface area contributed by atoms with Gasteiger partial charge in [0, 0.05) is 36.8 Å². The highest BCUT2D eigenvalue weighted by Crippen LogP contribution is 2.34. The third-order valence-corrected chi connectivity index (χ3v) is 7.01. The lowest BCUT2D eigenvalue weighted by molar-refractivity contribution is 0.338. The monoisotopic (exact) mass is 460 g/mol. The van der Waals surface area contributed by atoms with E-state index in [1.165, 1.54) is 0 Å². The number of benzene rings is 1. The number of nitrogens with zero attached hydrogens (tertiary/aromatic N) is 6. The summed E-state index contributed by atoms with van der Waals surface area (Å²) in [5.74, 6) is 2.41. The molecule has 0 spiro atoms. The van der Waals surface area contributed by atoms with Gasteiger partial charge in [0.2, 0.25) is 0 Å². The van der Waals surface area contributed by atoms with E-state index in [1.54, 1.807) is 18.3 Å². The molecule has 1 N–H and O–H groups in total. The highest BCUT2D eigenvalue weighted by Gasteiger charge is 2.32. The van der Waals surface area contributed by atoms with E-state index in [2.05, 4.69) is 20.1 Å². The van der Waals surface area contributed by atoms with Gasteiger partial charge in [0.25, 0.3) is 0 Å². The van der Waals surface area contributed by atoms with Gasteiger partial charge >= 0.3 is 10.3 Å². The van der Waals surface area contributed by atoms with Crippen LogP contribution in [0.4, 0.5) is 5.82 Å². The average Bonchev–Trinajstić information content (AvgIpc) is 3.09. The van der Waals surface area contributed by atoms with Crippen molar-refractivity contribution in [3.05, 3.63) is 64.8 Å². The molecule has 4 heterocycles. The van der Waals surface area contributed by atoms with E-state index in [0.717, 1.165) is 47.6 Å².